The molecule has 0 radical (unpaired) electrons. The van der Waals surface area contributed by atoms with Crippen molar-refractivity contribution in [2.45, 2.75) is 12.6 Å². The number of hydrogen-bond acceptors (Lipinski definition) is 4. The Bertz CT molecular complexity index is 425. The summed E-state index contributed by atoms with van der Waals surface area (Å²) in [6.07, 6.45) is -4.04. The number of alkyl halides is 3. The fourth-order valence-corrected chi connectivity index (χ4v) is 1.17. The first kappa shape index (κ1) is 10.8. The lowest BCUT2D eigenvalue weighted by atomic mass is 10.4. The largest absolute Gasteiger partial charge is 0.435 e. The lowest BCUT2D eigenvalue weighted by Gasteiger charge is -2.01. The van der Waals surface area contributed by atoms with Gasteiger partial charge in [0.2, 0.25) is 11.8 Å². The van der Waals surface area contributed by atoms with E-state index in [1.54, 1.807) is 0 Å². The van der Waals surface area contributed by atoms with Crippen molar-refractivity contribution in [2.75, 3.05) is 6.61 Å². The lowest BCUT2D eigenvalue weighted by molar-refractivity contribution is -0.141. The molecule has 88 valence electrons. The second-order valence-electron chi connectivity index (χ2n) is 3.16. The Balaban J connectivity index is 2.18. The van der Waals surface area contributed by atoms with Gasteiger partial charge >= 0.3 is 6.18 Å². The molecule has 2 heterocycles. The van der Waals surface area contributed by atoms with Crippen LogP contribution in [0.3, 0.4) is 0 Å². The van der Waals surface area contributed by atoms with Crippen molar-refractivity contribution in [3.63, 3.8) is 0 Å². The van der Waals surface area contributed by atoms with Crippen LogP contribution >= 0.6 is 0 Å². The summed E-state index contributed by atoms with van der Waals surface area (Å²) in [4.78, 5) is 4.65. The molecule has 0 amide bonds. The summed E-state index contributed by atoms with van der Waals surface area (Å²) >= 11 is 0. The molecule has 0 saturated heterocycles. The van der Waals surface area contributed by atoms with Crippen LogP contribution in [0.2, 0.25) is 0 Å². The number of aryl methyl sites for hydroxylation is 1. The quantitative estimate of drug-likeness (QED) is 0.742. The van der Waals surface area contributed by atoms with E-state index < -0.39 is 11.9 Å². The van der Waals surface area contributed by atoms with Gasteiger partial charge in [-0.1, -0.05) is 5.16 Å². The Morgan fingerprint density at radius 3 is 2.75 bits per heavy atom. The summed E-state index contributed by atoms with van der Waals surface area (Å²) in [5, 5.41) is 6.81. The standard InChI is InChI=1S/C8H8F3N3O2/c1-14-7(16-6-2-3-15-13-6)4-5(12-14)8(9,10)11/h4H,2-3H2,1H3. The van der Waals surface area contributed by atoms with Crippen molar-refractivity contribution in [3.05, 3.63) is 11.8 Å². The van der Waals surface area contributed by atoms with Crippen molar-refractivity contribution < 1.29 is 22.7 Å². The van der Waals surface area contributed by atoms with Gasteiger partial charge in [-0.3, -0.25) is 0 Å². The van der Waals surface area contributed by atoms with E-state index in [1.807, 2.05) is 0 Å². The van der Waals surface area contributed by atoms with Gasteiger partial charge < -0.3 is 9.57 Å². The van der Waals surface area contributed by atoms with Crippen LogP contribution in [-0.2, 0) is 18.1 Å². The third kappa shape index (κ3) is 2.10. The third-order valence-electron chi connectivity index (χ3n) is 1.92. The van der Waals surface area contributed by atoms with Crippen molar-refractivity contribution in [2.24, 2.45) is 12.2 Å². The average molecular weight is 235 g/mol. The van der Waals surface area contributed by atoms with Crippen LogP contribution in [0.25, 0.3) is 0 Å². The molecule has 0 fully saturated rings. The fourth-order valence-electron chi connectivity index (χ4n) is 1.17. The van der Waals surface area contributed by atoms with Crippen LogP contribution in [0, 0.1) is 0 Å². The number of oxime groups is 1. The number of rotatable bonds is 1. The molecular weight excluding hydrogens is 227 g/mol. The van der Waals surface area contributed by atoms with E-state index in [0.29, 0.717) is 13.0 Å². The maximum atomic E-state index is 12.3. The number of halogens is 3. The molecule has 0 aromatic carbocycles. The van der Waals surface area contributed by atoms with Gasteiger partial charge in [-0.25, -0.2) is 4.68 Å². The number of hydrogen-bond donors (Lipinski definition) is 0. The molecule has 0 aliphatic carbocycles. The molecular formula is C8H8F3N3O2. The van der Waals surface area contributed by atoms with Crippen LogP contribution in [0.15, 0.2) is 11.2 Å². The molecule has 0 spiro atoms. The van der Waals surface area contributed by atoms with E-state index >= 15 is 0 Å². The summed E-state index contributed by atoms with van der Waals surface area (Å²) in [5.74, 6) is 0.230. The zero-order chi connectivity index (χ0) is 11.8. The Morgan fingerprint density at radius 1 is 1.50 bits per heavy atom. The SMILES string of the molecule is Cn1nc(C(F)(F)F)cc1OC1=NOCC1. The molecule has 16 heavy (non-hydrogen) atoms. The highest BCUT2D eigenvalue weighted by atomic mass is 19.4. The predicted octanol–water partition coefficient (Wildman–Crippen LogP) is 1.55. The second kappa shape index (κ2) is 3.69. The molecule has 0 unspecified atom stereocenters. The summed E-state index contributed by atoms with van der Waals surface area (Å²) in [6.45, 7) is 0.374. The van der Waals surface area contributed by atoms with Crippen LogP contribution in [-0.4, -0.2) is 22.3 Å². The van der Waals surface area contributed by atoms with Gasteiger partial charge in [0.15, 0.2) is 5.69 Å². The van der Waals surface area contributed by atoms with Crippen molar-refractivity contribution >= 4 is 5.90 Å². The highest BCUT2D eigenvalue weighted by molar-refractivity contribution is 5.78. The topological polar surface area (TPSA) is 48.6 Å². The van der Waals surface area contributed by atoms with Gasteiger partial charge in [-0.05, 0) is 0 Å². The lowest BCUT2D eigenvalue weighted by Crippen LogP contribution is -2.08. The predicted molar refractivity (Wildman–Crippen MR) is 46.8 cm³/mol. The third-order valence-corrected chi connectivity index (χ3v) is 1.92. The van der Waals surface area contributed by atoms with E-state index in [-0.39, 0.29) is 11.8 Å². The van der Waals surface area contributed by atoms with Gasteiger partial charge in [0.05, 0.1) is 6.42 Å². The maximum absolute atomic E-state index is 12.3. The molecule has 2 rings (SSSR count). The van der Waals surface area contributed by atoms with E-state index in [1.165, 1.54) is 7.05 Å². The molecule has 1 aliphatic heterocycles. The average Bonchev–Trinajstić information content (AvgIpc) is 2.76. The molecule has 0 bridgehead atoms. The number of aromatic nitrogens is 2. The van der Waals surface area contributed by atoms with Gasteiger partial charge in [0.1, 0.15) is 6.61 Å². The van der Waals surface area contributed by atoms with Gasteiger partial charge in [0, 0.05) is 13.1 Å². The summed E-state index contributed by atoms with van der Waals surface area (Å²) in [5.41, 5.74) is -0.996. The highest BCUT2D eigenvalue weighted by Crippen LogP contribution is 2.30. The van der Waals surface area contributed by atoms with Crippen LogP contribution in [0.5, 0.6) is 5.88 Å². The number of ether oxygens (including phenoxy) is 1. The zero-order valence-electron chi connectivity index (χ0n) is 8.28. The normalized spacial score (nSPS) is 15.9. The maximum Gasteiger partial charge on any atom is 0.435 e. The van der Waals surface area contributed by atoms with E-state index in [0.717, 1.165) is 10.7 Å². The summed E-state index contributed by atoms with van der Waals surface area (Å²) in [6, 6.07) is 0.820. The first-order valence-electron chi connectivity index (χ1n) is 4.45. The van der Waals surface area contributed by atoms with Crippen LogP contribution in [0.1, 0.15) is 12.1 Å². The Labute approximate surface area is 88.4 Å². The molecule has 8 heteroatoms. The zero-order valence-corrected chi connectivity index (χ0v) is 8.28. The Kier molecular flexibility index (Phi) is 2.49. The second-order valence-corrected chi connectivity index (χ2v) is 3.16. The van der Waals surface area contributed by atoms with Crippen LogP contribution < -0.4 is 4.74 Å². The van der Waals surface area contributed by atoms with E-state index in [4.69, 9.17) is 4.74 Å². The van der Waals surface area contributed by atoms with Crippen LogP contribution in [0.4, 0.5) is 13.2 Å². The minimum absolute atomic E-state index is 0.0171. The van der Waals surface area contributed by atoms with Gasteiger partial charge in [-0.15, -0.1) is 0 Å². The fraction of sp³-hybridized carbons (Fsp3) is 0.500. The monoisotopic (exact) mass is 235 g/mol. The molecule has 1 aliphatic rings. The van der Waals surface area contributed by atoms with E-state index in [9.17, 15) is 13.2 Å². The molecule has 5 nitrogen and oxygen atoms in total. The van der Waals surface area contributed by atoms with Crippen molar-refractivity contribution in [3.8, 4) is 5.88 Å². The Hall–Kier alpha value is -1.73. The van der Waals surface area contributed by atoms with Crippen molar-refractivity contribution in [1.29, 1.82) is 0 Å². The highest BCUT2D eigenvalue weighted by Gasteiger charge is 2.35. The first-order chi connectivity index (χ1) is 7.47. The smallest absolute Gasteiger partial charge is 0.422 e. The molecule has 1 aromatic rings. The molecule has 0 saturated carbocycles. The molecule has 1 aromatic heterocycles. The van der Waals surface area contributed by atoms with Gasteiger partial charge in [0.25, 0.3) is 0 Å². The summed E-state index contributed by atoms with van der Waals surface area (Å²) < 4.78 is 43.0. The summed E-state index contributed by atoms with van der Waals surface area (Å²) in [7, 11) is 1.36. The van der Waals surface area contributed by atoms with Gasteiger partial charge in [-0.2, -0.15) is 18.3 Å². The molecule has 0 atom stereocenters. The minimum atomic E-state index is -4.48. The Morgan fingerprint density at radius 2 is 2.25 bits per heavy atom. The number of nitrogens with zero attached hydrogens (tertiary/aromatic N) is 3. The first-order valence-corrected chi connectivity index (χ1v) is 4.45. The minimum Gasteiger partial charge on any atom is -0.422 e. The molecule has 0 N–H and O–H groups in total. The van der Waals surface area contributed by atoms with E-state index in [2.05, 4.69) is 15.1 Å². The van der Waals surface area contributed by atoms with Crippen molar-refractivity contribution in [1.82, 2.24) is 9.78 Å².